The number of hydrogen-bond acceptors (Lipinski definition) is 3. The number of carbonyl (C=O) groups is 1. The van der Waals surface area contributed by atoms with E-state index in [4.69, 9.17) is 0 Å². The quantitative estimate of drug-likeness (QED) is 0.881. The van der Waals surface area contributed by atoms with Crippen LogP contribution in [-0.2, 0) is 13.0 Å². The number of nitrogens with zero attached hydrogens (tertiary/aromatic N) is 2. The topological polar surface area (TPSA) is 43.8 Å². The van der Waals surface area contributed by atoms with Crippen molar-refractivity contribution in [2.75, 3.05) is 27.2 Å². The number of carbonyl (C=O) groups excluding carboxylic acids is 1. The van der Waals surface area contributed by atoms with Crippen LogP contribution in [0, 0.1) is 0 Å². The molecule has 4 nitrogen and oxygen atoms in total. The number of hydrogen-bond donors (Lipinski definition) is 1. The fraction of sp³-hybridized carbons (Fsp3) is 0.381. The summed E-state index contributed by atoms with van der Waals surface area (Å²) in [4.78, 5) is 16.1. The Kier molecular flexibility index (Phi) is 5.51. The van der Waals surface area contributed by atoms with Crippen molar-refractivity contribution < 1.29 is 9.90 Å². The SMILES string of the molecule is CN(C)C(=O)c1cccc(CN(CCO)C2CCc3ccccc32)c1. The van der Waals surface area contributed by atoms with Crippen LogP contribution in [-0.4, -0.2) is 48.1 Å². The Morgan fingerprint density at radius 3 is 2.72 bits per heavy atom. The van der Waals surface area contributed by atoms with Crippen molar-refractivity contribution in [3.8, 4) is 0 Å². The Balaban J connectivity index is 1.82. The summed E-state index contributed by atoms with van der Waals surface area (Å²) in [5.74, 6) is 0.0155. The maximum Gasteiger partial charge on any atom is 0.253 e. The Labute approximate surface area is 149 Å². The molecule has 2 aromatic rings. The second kappa shape index (κ2) is 7.81. The molecule has 1 atom stereocenters. The van der Waals surface area contributed by atoms with Crippen molar-refractivity contribution in [1.29, 1.82) is 0 Å². The Bertz CT molecular complexity index is 742. The number of aryl methyl sites for hydroxylation is 1. The van der Waals surface area contributed by atoms with Gasteiger partial charge in [0.2, 0.25) is 0 Å². The van der Waals surface area contributed by atoms with Gasteiger partial charge in [-0.3, -0.25) is 9.69 Å². The summed E-state index contributed by atoms with van der Waals surface area (Å²) in [6, 6.07) is 16.7. The zero-order chi connectivity index (χ0) is 17.8. The third-order valence-electron chi connectivity index (χ3n) is 4.89. The number of fused-ring (bicyclic) bond motifs is 1. The third kappa shape index (κ3) is 3.91. The number of aliphatic hydroxyl groups is 1. The first-order valence-corrected chi connectivity index (χ1v) is 8.83. The van der Waals surface area contributed by atoms with E-state index in [1.54, 1.807) is 19.0 Å². The molecule has 1 aliphatic rings. The van der Waals surface area contributed by atoms with Gasteiger partial charge in [-0.05, 0) is 41.7 Å². The Morgan fingerprint density at radius 2 is 1.96 bits per heavy atom. The van der Waals surface area contributed by atoms with Gasteiger partial charge < -0.3 is 10.0 Å². The number of aliphatic hydroxyl groups excluding tert-OH is 1. The first-order chi connectivity index (χ1) is 12.1. The molecule has 4 heteroatoms. The van der Waals surface area contributed by atoms with Gasteiger partial charge in [0.1, 0.15) is 0 Å². The van der Waals surface area contributed by atoms with E-state index >= 15 is 0 Å². The average Bonchev–Trinajstić information content (AvgIpc) is 3.05. The highest BCUT2D eigenvalue weighted by Crippen LogP contribution is 2.36. The van der Waals surface area contributed by atoms with E-state index in [2.05, 4.69) is 35.2 Å². The maximum atomic E-state index is 12.2. The lowest BCUT2D eigenvalue weighted by Gasteiger charge is -2.29. The number of benzene rings is 2. The van der Waals surface area contributed by atoms with Crippen molar-refractivity contribution in [2.24, 2.45) is 0 Å². The highest BCUT2D eigenvalue weighted by Gasteiger charge is 2.27. The highest BCUT2D eigenvalue weighted by molar-refractivity contribution is 5.94. The van der Waals surface area contributed by atoms with Gasteiger partial charge in [0.25, 0.3) is 5.91 Å². The molecule has 1 amide bonds. The molecule has 0 fully saturated rings. The lowest BCUT2D eigenvalue weighted by Crippen LogP contribution is -2.30. The molecule has 132 valence electrons. The minimum Gasteiger partial charge on any atom is -0.395 e. The van der Waals surface area contributed by atoms with Gasteiger partial charge in [-0.25, -0.2) is 0 Å². The standard InChI is InChI=1S/C21H26N2O2/c1-22(2)21(25)18-8-5-6-16(14-18)15-23(12-13-24)20-11-10-17-7-3-4-9-19(17)20/h3-9,14,20,24H,10-13,15H2,1-2H3. The van der Waals surface area contributed by atoms with Crippen LogP contribution in [0.25, 0.3) is 0 Å². The van der Waals surface area contributed by atoms with Crippen LogP contribution in [0.3, 0.4) is 0 Å². The van der Waals surface area contributed by atoms with Crippen LogP contribution in [0.4, 0.5) is 0 Å². The first kappa shape index (κ1) is 17.6. The van der Waals surface area contributed by atoms with Crippen LogP contribution >= 0.6 is 0 Å². The second-order valence-corrected chi connectivity index (χ2v) is 6.85. The molecule has 1 N–H and O–H groups in total. The molecule has 0 aromatic heterocycles. The lowest BCUT2D eigenvalue weighted by molar-refractivity contribution is 0.0827. The van der Waals surface area contributed by atoms with E-state index in [-0.39, 0.29) is 12.5 Å². The molecular weight excluding hydrogens is 312 g/mol. The van der Waals surface area contributed by atoms with Crippen LogP contribution in [0.15, 0.2) is 48.5 Å². The molecule has 3 rings (SSSR count). The fourth-order valence-electron chi connectivity index (χ4n) is 3.68. The molecule has 25 heavy (non-hydrogen) atoms. The lowest BCUT2D eigenvalue weighted by atomic mass is 10.0. The van der Waals surface area contributed by atoms with E-state index in [9.17, 15) is 9.90 Å². The maximum absolute atomic E-state index is 12.2. The predicted molar refractivity (Wildman–Crippen MR) is 99.5 cm³/mol. The zero-order valence-electron chi connectivity index (χ0n) is 15.0. The highest BCUT2D eigenvalue weighted by atomic mass is 16.3. The van der Waals surface area contributed by atoms with Gasteiger partial charge in [-0.15, -0.1) is 0 Å². The number of rotatable bonds is 6. The molecule has 0 saturated carbocycles. The van der Waals surface area contributed by atoms with E-state index in [1.165, 1.54) is 11.1 Å². The molecule has 0 heterocycles. The van der Waals surface area contributed by atoms with Crippen LogP contribution in [0.1, 0.15) is 39.5 Å². The smallest absolute Gasteiger partial charge is 0.253 e. The largest absolute Gasteiger partial charge is 0.395 e. The molecule has 0 aliphatic heterocycles. The van der Waals surface area contributed by atoms with Crippen LogP contribution in [0.5, 0.6) is 0 Å². The van der Waals surface area contributed by atoms with Gasteiger partial charge in [0.05, 0.1) is 6.61 Å². The van der Waals surface area contributed by atoms with Crippen LogP contribution in [0.2, 0.25) is 0 Å². The van der Waals surface area contributed by atoms with Crippen molar-refractivity contribution in [3.63, 3.8) is 0 Å². The number of amides is 1. The summed E-state index contributed by atoms with van der Waals surface area (Å²) in [5, 5.41) is 9.54. The molecule has 2 aromatic carbocycles. The summed E-state index contributed by atoms with van der Waals surface area (Å²) >= 11 is 0. The first-order valence-electron chi connectivity index (χ1n) is 8.83. The normalized spacial score (nSPS) is 16.1. The minimum absolute atomic E-state index is 0.0155. The molecule has 0 radical (unpaired) electrons. The van der Waals surface area contributed by atoms with Gasteiger partial charge in [0.15, 0.2) is 0 Å². The molecule has 0 spiro atoms. The Hall–Kier alpha value is -2.17. The molecule has 0 bridgehead atoms. The minimum atomic E-state index is 0.0155. The fourth-order valence-corrected chi connectivity index (χ4v) is 3.68. The van der Waals surface area contributed by atoms with Gasteiger partial charge in [-0.2, -0.15) is 0 Å². The van der Waals surface area contributed by atoms with Crippen molar-refractivity contribution in [1.82, 2.24) is 9.80 Å². The van der Waals surface area contributed by atoms with Gasteiger partial charge in [-0.1, -0.05) is 36.4 Å². The second-order valence-electron chi connectivity index (χ2n) is 6.85. The summed E-state index contributed by atoms with van der Waals surface area (Å²) in [5.41, 5.74) is 4.59. The van der Waals surface area contributed by atoms with E-state index in [0.29, 0.717) is 18.2 Å². The summed E-state index contributed by atoms with van der Waals surface area (Å²) in [6.45, 7) is 1.49. The third-order valence-corrected chi connectivity index (χ3v) is 4.89. The van der Waals surface area contributed by atoms with Crippen molar-refractivity contribution >= 4 is 5.91 Å². The zero-order valence-corrected chi connectivity index (χ0v) is 15.0. The van der Waals surface area contributed by atoms with Gasteiger partial charge >= 0.3 is 0 Å². The molecule has 1 unspecified atom stereocenters. The Morgan fingerprint density at radius 1 is 1.16 bits per heavy atom. The van der Waals surface area contributed by atoms with E-state index in [1.807, 2.05) is 18.2 Å². The monoisotopic (exact) mass is 338 g/mol. The van der Waals surface area contributed by atoms with Crippen molar-refractivity contribution in [2.45, 2.75) is 25.4 Å². The summed E-state index contributed by atoms with van der Waals surface area (Å²) in [6.07, 6.45) is 2.16. The molecular formula is C21H26N2O2. The molecule has 1 aliphatic carbocycles. The van der Waals surface area contributed by atoms with E-state index in [0.717, 1.165) is 24.9 Å². The van der Waals surface area contributed by atoms with Crippen LogP contribution < -0.4 is 0 Å². The average molecular weight is 338 g/mol. The summed E-state index contributed by atoms with van der Waals surface area (Å²) in [7, 11) is 3.53. The molecule has 0 saturated heterocycles. The summed E-state index contributed by atoms with van der Waals surface area (Å²) < 4.78 is 0. The predicted octanol–water partition coefficient (Wildman–Crippen LogP) is 2.87. The van der Waals surface area contributed by atoms with Gasteiger partial charge in [0, 0.05) is 38.8 Å². The van der Waals surface area contributed by atoms with E-state index < -0.39 is 0 Å². The van der Waals surface area contributed by atoms with Crippen molar-refractivity contribution in [3.05, 3.63) is 70.8 Å².